The normalized spacial score (nSPS) is 15.1. The van der Waals surface area contributed by atoms with Crippen molar-refractivity contribution in [2.45, 2.75) is 19.3 Å². The molecule has 2 aromatic rings. The summed E-state index contributed by atoms with van der Waals surface area (Å²) in [4.78, 5) is 4.60. The van der Waals surface area contributed by atoms with Crippen LogP contribution in [0.4, 0.5) is 0 Å². The summed E-state index contributed by atoms with van der Waals surface area (Å²) in [6.07, 6.45) is 0.266. The van der Waals surface area contributed by atoms with E-state index < -0.39 is 6.29 Å². The van der Waals surface area contributed by atoms with Crippen molar-refractivity contribution in [3.05, 3.63) is 59.4 Å². The number of hydrogen-bond donors (Lipinski definition) is 1. The summed E-state index contributed by atoms with van der Waals surface area (Å²) in [5.74, 6) is 0.691. The number of benzene rings is 1. The number of nitrogens with zero attached hydrogens (tertiary/aromatic N) is 1. The van der Waals surface area contributed by atoms with Crippen LogP contribution in [-0.2, 0) is 22.5 Å². The first-order valence-electron chi connectivity index (χ1n) is 7.46. The lowest BCUT2D eigenvalue weighted by atomic mass is 10.2. The molecule has 0 saturated carbocycles. The monoisotopic (exact) mass is 300 g/mol. The molecule has 5 nitrogen and oxygen atoms in total. The lowest BCUT2D eigenvalue weighted by Gasteiger charge is -2.16. The first kappa shape index (κ1) is 15.0. The van der Waals surface area contributed by atoms with Gasteiger partial charge in [0, 0.05) is 12.1 Å². The average molecular weight is 300 g/mol. The van der Waals surface area contributed by atoms with Crippen LogP contribution in [0.25, 0.3) is 0 Å². The number of hydrogen-bond acceptors (Lipinski definition) is 5. The van der Waals surface area contributed by atoms with Crippen molar-refractivity contribution in [3.8, 4) is 5.75 Å². The zero-order chi connectivity index (χ0) is 15.2. The van der Waals surface area contributed by atoms with Crippen LogP contribution in [0.1, 0.15) is 23.2 Å². The summed E-state index contributed by atoms with van der Waals surface area (Å²) < 4.78 is 17.1. The zero-order valence-corrected chi connectivity index (χ0v) is 12.4. The molecule has 116 valence electrons. The van der Waals surface area contributed by atoms with Crippen LogP contribution < -0.4 is 10.5 Å². The van der Waals surface area contributed by atoms with E-state index >= 15 is 0 Å². The molecule has 0 spiro atoms. The van der Waals surface area contributed by atoms with Crippen molar-refractivity contribution >= 4 is 0 Å². The Morgan fingerprint density at radius 2 is 1.86 bits per heavy atom. The van der Waals surface area contributed by atoms with Gasteiger partial charge in [0.15, 0.2) is 0 Å². The van der Waals surface area contributed by atoms with E-state index in [0.717, 1.165) is 17.7 Å². The molecule has 0 unspecified atom stereocenters. The Bertz CT molecular complexity index is 598. The molecule has 0 amide bonds. The Kier molecular flexibility index (Phi) is 5.00. The molecular weight excluding hydrogens is 280 g/mol. The molecule has 1 aliphatic heterocycles. The smallest absolute Gasteiger partial charge is 0.205 e. The minimum atomic E-state index is -0.455. The molecule has 3 rings (SSSR count). The third-order valence-electron chi connectivity index (χ3n) is 3.43. The van der Waals surface area contributed by atoms with Crippen LogP contribution in [0.3, 0.4) is 0 Å². The van der Waals surface area contributed by atoms with Gasteiger partial charge in [-0.3, -0.25) is 0 Å². The highest BCUT2D eigenvalue weighted by molar-refractivity contribution is 5.31. The number of rotatable bonds is 6. The van der Waals surface area contributed by atoms with Gasteiger partial charge in [0.2, 0.25) is 6.29 Å². The van der Waals surface area contributed by atoms with Crippen molar-refractivity contribution in [2.75, 3.05) is 19.8 Å². The van der Waals surface area contributed by atoms with Crippen molar-refractivity contribution in [1.82, 2.24) is 4.98 Å². The van der Waals surface area contributed by atoms with Crippen LogP contribution in [0.15, 0.2) is 42.5 Å². The summed E-state index contributed by atoms with van der Waals surface area (Å²) in [5.41, 5.74) is 8.32. The maximum absolute atomic E-state index is 5.91. The minimum absolute atomic E-state index is 0.455. The van der Waals surface area contributed by atoms with Crippen LogP contribution in [-0.4, -0.2) is 24.7 Å². The zero-order valence-electron chi connectivity index (χ0n) is 12.4. The quantitative estimate of drug-likeness (QED) is 0.886. The Morgan fingerprint density at radius 3 is 2.59 bits per heavy atom. The highest BCUT2D eigenvalue weighted by Crippen LogP contribution is 2.30. The summed E-state index contributed by atoms with van der Waals surface area (Å²) in [6, 6.07) is 13.9. The molecule has 1 aliphatic rings. The van der Waals surface area contributed by atoms with Crippen molar-refractivity contribution in [1.29, 1.82) is 0 Å². The second-order valence-corrected chi connectivity index (χ2v) is 5.07. The molecule has 1 saturated heterocycles. The third-order valence-corrected chi connectivity index (χ3v) is 3.43. The number of aromatic nitrogens is 1. The Labute approximate surface area is 130 Å². The Hall–Kier alpha value is -1.95. The van der Waals surface area contributed by atoms with E-state index in [1.165, 1.54) is 0 Å². The maximum atomic E-state index is 5.91. The van der Waals surface area contributed by atoms with E-state index in [2.05, 4.69) is 4.98 Å². The number of pyridine rings is 1. The Balaban J connectivity index is 1.79. The minimum Gasteiger partial charge on any atom is -0.487 e. The second kappa shape index (κ2) is 7.35. The summed E-state index contributed by atoms with van der Waals surface area (Å²) in [7, 11) is 0. The molecule has 1 aromatic heterocycles. The lowest BCUT2D eigenvalue weighted by Crippen LogP contribution is -2.10. The van der Waals surface area contributed by atoms with Crippen molar-refractivity contribution in [2.24, 2.45) is 5.73 Å². The van der Waals surface area contributed by atoms with Gasteiger partial charge in [0.05, 0.1) is 13.2 Å². The molecule has 5 heteroatoms. The molecule has 1 fully saturated rings. The fraction of sp³-hybridized carbons (Fsp3) is 0.353. The van der Waals surface area contributed by atoms with Gasteiger partial charge in [0.1, 0.15) is 18.1 Å². The predicted octanol–water partition coefficient (Wildman–Crippen LogP) is 2.21. The van der Waals surface area contributed by atoms with Gasteiger partial charge in [-0.2, -0.15) is 0 Å². The number of nitrogens with two attached hydrogens (primary N) is 1. The van der Waals surface area contributed by atoms with Gasteiger partial charge in [0.25, 0.3) is 0 Å². The van der Waals surface area contributed by atoms with E-state index in [9.17, 15) is 0 Å². The predicted molar refractivity (Wildman–Crippen MR) is 82.4 cm³/mol. The molecule has 2 N–H and O–H groups in total. The first-order valence-corrected chi connectivity index (χ1v) is 7.46. The summed E-state index contributed by atoms with van der Waals surface area (Å²) in [5, 5.41) is 0. The molecule has 0 atom stereocenters. The van der Waals surface area contributed by atoms with Gasteiger partial charge in [-0.1, -0.05) is 30.3 Å². The average Bonchev–Trinajstić information content (AvgIpc) is 3.09. The van der Waals surface area contributed by atoms with E-state index in [4.69, 9.17) is 19.9 Å². The molecular formula is C17H20N2O3. The molecule has 1 aromatic carbocycles. The van der Waals surface area contributed by atoms with Crippen LogP contribution >= 0.6 is 0 Å². The standard InChI is InChI=1S/C17H20N2O3/c18-9-8-14-6-7-15(16(19-14)17-20-10-11-21-17)22-12-13-4-2-1-3-5-13/h1-7,17H,8-12,18H2. The lowest BCUT2D eigenvalue weighted by molar-refractivity contribution is -0.0492. The van der Waals surface area contributed by atoms with Crippen LogP contribution in [0.2, 0.25) is 0 Å². The molecule has 0 radical (unpaired) electrons. The SMILES string of the molecule is NCCc1ccc(OCc2ccccc2)c(C2OCCO2)n1. The van der Waals surface area contributed by atoms with Crippen LogP contribution in [0.5, 0.6) is 5.75 Å². The second-order valence-electron chi connectivity index (χ2n) is 5.07. The van der Waals surface area contributed by atoms with Gasteiger partial charge in [-0.25, -0.2) is 4.98 Å². The summed E-state index contributed by atoms with van der Waals surface area (Å²) >= 11 is 0. The fourth-order valence-electron chi connectivity index (χ4n) is 2.33. The first-order chi connectivity index (χ1) is 10.9. The largest absolute Gasteiger partial charge is 0.487 e. The Morgan fingerprint density at radius 1 is 1.09 bits per heavy atom. The highest BCUT2D eigenvalue weighted by atomic mass is 16.7. The molecule has 0 bridgehead atoms. The van der Waals surface area contributed by atoms with Crippen molar-refractivity contribution in [3.63, 3.8) is 0 Å². The van der Waals surface area contributed by atoms with E-state index in [1.54, 1.807) is 0 Å². The van der Waals surface area contributed by atoms with E-state index in [1.807, 2.05) is 42.5 Å². The van der Waals surface area contributed by atoms with Gasteiger partial charge < -0.3 is 19.9 Å². The fourth-order valence-corrected chi connectivity index (χ4v) is 2.33. The third kappa shape index (κ3) is 3.62. The van der Waals surface area contributed by atoms with Crippen molar-refractivity contribution < 1.29 is 14.2 Å². The van der Waals surface area contributed by atoms with E-state index in [-0.39, 0.29) is 0 Å². The van der Waals surface area contributed by atoms with Gasteiger partial charge in [-0.05, 0) is 24.2 Å². The number of ether oxygens (including phenoxy) is 3. The van der Waals surface area contributed by atoms with E-state index in [0.29, 0.717) is 37.8 Å². The molecule has 2 heterocycles. The topological polar surface area (TPSA) is 66.6 Å². The maximum Gasteiger partial charge on any atom is 0.205 e. The molecule has 0 aliphatic carbocycles. The highest BCUT2D eigenvalue weighted by Gasteiger charge is 2.24. The summed E-state index contributed by atoms with van der Waals surface area (Å²) in [6.45, 7) is 2.19. The van der Waals surface area contributed by atoms with Gasteiger partial charge in [-0.15, -0.1) is 0 Å². The van der Waals surface area contributed by atoms with Gasteiger partial charge >= 0.3 is 0 Å². The van der Waals surface area contributed by atoms with Crippen LogP contribution in [0, 0.1) is 0 Å². The molecule has 22 heavy (non-hydrogen) atoms.